The first-order valence-electron chi connectivity index (χ1n) is 3.49. The monoisotopic (exact) mass is 138 g/mol. The van der Waals surface area contributed by atoms with Gasteiger partial charge < -0.3 is 5.32 Å². The summed E-state index contributed by atoms with van der Waals surface area (Å²) in [5, 5.41) is 11.0. The molecule has 1 fully saturated rings. The molecule has 1 aliphatic rings. The van der Waals surface area contributed by atoms with Crippen molar-refractivity contribution in [2.24, 2.45) is 0 Å². The van der Waals surface area contributed by atoms with E-state index in [-0.39, 0.29) is 11.9 Å². The minimum absolute atomic E-state index is 0.128. The highest BCUT2D eigenvalue weighted by Gasteiger charge is 2.19. The summed E-state index contributed by atoms with van der Waals surface area (Å²) in [4.78, 5) is 10.6. The van der Waals surface area contributed by atoms with Crippen LogP contribution < -0.4 is 5.32 Å². The molecule has 1 atom stereocenters. The van der Waals surface area contributed by atoms with Crippen molar-refractivity contribution >= 4 is 5.91 Å². The lowest BCUT2D eigenvalue weighted by Gasteiger charge is -2.04. The third kappa shape index (κ3) is 1.73. The lowest BCUT2D eigenvalue weighted by molar-refractivity contribution is -0.119. The normalized spacial score (nSPS) is 23.9. The molecule has 0 saturated carbocycles. The van der Waals surface area contributed by atoms with Crippen molar-refractivity contribution in [1.82, 2.24) is 5.32 Å². The van der Waals surface area contributed by atoms with E-state index in [1.165, 1.54) is 0 Å². The second kappa shape index (κ2) is 3.21. The van der Waals surface area contributed by atoms with Gasteiger partial charge in [-0.05, 0) is 12.8 Å². The van der Waals surface area contributed by atoms with Gasteiger partial charge in [-0.2, -0.15) is 5.26 Å². The van der Waals surface area contributed by atoms with E-state index >= 15 is 0 Å². The van der Waals surface area contributed by atoms with Gasteiger partial charge in [-0.25, -0.2) is 0 Å². The standard InChI is InChI=1S/C7H10N2O/c8-5-1-2-6-3-4-7(10)9-6/h6H,1-4H2,(H,9,10). The SMILES string of the molecule is N#CCCC1CCC(=O)N1. The van der Waals surface area contributed by atoms with Crippen molar-refractivity contribution in [3.05, 3.63) is 0 Å². The van der Waals surface area contributed by atoms with Gasteiger partial charge in [0.1, 0.15) is 0 Å². The van der Waals surface area contributed by atoms with Gasteiger partial charge in [0.2, 0.25) is 5.91 Å². The van der Waals surface area contributed by atoms with E-state index in [4.69, 9.17) is 5.26 Å². The molecule has 1 saturated heterocycles. The number of nitrogens with one attached hydrogen (secondary N) is 1. The van der Waals surface area contributed by atoms with Crippen LogP contribution in [0.5, 0.6) is 0 Å². The Morgan fingerprint density at radius 3 is 3.10 bits per heavy atom. The first kappa shape index (κ1) is 7.07. The number of hydrogen-bond acceptors (Lipinski definition) is 2. The van der Waals surface area contributed by atoms with E-state index in [9.17, 15) is 4.79 Å². The molecule has 1 rings (SSSR count). The van der Waals surface area contributed by atoms with Crippen molar-refractivity contribution < 1.29 is 4.79 Å². The second-order valence-corrected chi connectivity index (χ2v) is 2.50. The van der Waals surface area contributed by atoms with Crippen LogP contribution >= 0.6 is 0 Å². The summed E-state index contributed by atoms with van der Waals surface area (Å²) >= 11 is 0. The van der Waals surface area contributed by atoms with Crippen LogP contribution in [0, 0.1) is 11.3 Å². The molecule has 0 radical (unpaired) electrons. The largest absolute Gasteiger partial charge is 0.353 e. The molecule has 54 valence electrons. The van der Waals surface area contributed by atoms with Crippen molar-refractivity contribution in [3.63, 3.8) is 0 Å². The van der Waals surface area contributed by atoms with Crippen LogP contribution in [0.4, 0.5) is 0 Å². The summed E-state index contributed by atoms with van der Waals surface area (Å²) in [6.07, 6.45) is 2.89. The molecule has 1 unspecified atom stereocenters. The van der Waals surface area contributed by atoms with Crippen molar-refractivity contribution in [2.45, 2.75) is 31.7 Å². The van der Waals surface area contributed by atoms with Gasteiger partial charge in [-0.15, -0.1) is 0 Å². The highest BCUT2D eigenvalue weighted by Crippen LogP contribution is 2.10. The zero-order valence-corrected chi connectivity index (χ0v) is 5.76. The maximum Gasteiger partial charge on any atom is 0.220 e. The molecular weight excluding hydrogens is 128 g/mol. The van der Waals surface area contributed by atoms with Crippen LogP contribution in [0.3, 0.4) is 0 Å². The Bertz CT molecular complexity index is 171. The molecule has 0 spiro atoms. The molecule has 0 aliphatic carbocycles. The minimum Gasteiger partial charge on any atom is -0.353 e. The molecule has 3 heteroatoms. The zero-order valence-electron chi connectivity index (χ0n) is 5.76. The van der Waals surface area contributed by atoms with E-state index in [2.05, 4.69) is 11.4 Å². The van der Waals surface area contributed by atoms with Crippen LogP contribution in [0.2, 0.25) is 0 Å². The van der Waals surface area contributed by atoms with Gasteiger partial charge in [0.05, 0.1) is 6.07 Å². The number of nitrogens with zero attached hydrogens (tertiary/aromatic N) is 1. The molecule has 1 amide bonds. The van der Waals surface area contributed by atoms with Crippen LogP contribution in [0.1, 0.15) is 25.7 Å². The Hall–Kier alpha value is -1.04. The number of carbonyl (C=O) groups excluding carboxylic acids is 1. The molecule has 10 heavy (non-hydrogen) atoms. The summed E-state index contributed by atoms with van der Waals surface area (Å²) in [6.45, 7) is 0. The minimum atomic E-state index is 0.128. The third-order valence-electron chi connectivity index (χ3n) is 1.69. The summed E-state index contributed by atoms with van der Waals surface area (Å²) in [5.41, 5.74) is 0. The van der Waals surface area contributed by atoms with E-state index in [1.54, 1.807) is 0 Å². The third-order valence-corrected chi connectivity index (χ3v) is 1.69. The number of nitriles is 1. The van der Waals surface area contributed by atoms with E-state index in [1.807, 2.05) is 0 Å². The van der Waals surface area contributed by atoms with Crippen LogP contribution in [-0.2, 0) is 4.79 Å². The number of hydrogen-bond donors (Lipinski definition) is 1. The Morgan fingerprint density at radius 2 is 2.60 bits per heavy atom. The topological polar surface area (TPSA) is 52.9 Å². The van der Waals surface area contributed by atoms with Gasteiger partial charge >= 0.3 is 0 Å². The summed E-state index contributed by atoms with van der Waals surface area (Å²) in [7, 11) is 0. The molecule has 0 aromatic carbocycles. The van der Waals surface area contributed by atoms with Gasteiger partial charge in [-0.1, -0.05) is 0 Å². The predicted molar refractivity (Wildman–Crippen MR) is 36.0 cm³/mol. The predicted octanol–water partition coefficient (Wildman–Crippen LogP) is 0.569. The van der Waals surface area contributed by atoms with Crippen molar-refractivity contribution in [2.75, 3.05) is 0 Å². The quantitative estimate of drug-likeness (QED) is 0.606. The van der Waals surface area contributed by atoms with E-state index in [0.717, 1.165) is 12.8 Å². The first-order valence-corrected chi connectivity index (χ1v) is 3.49. The smallest absolute Gasteiger partial charge is 0.220 e. The van der Waals surface area contributed by atoms with Gasteiger partial charge in [-0.3, -0.25) is 4.79 Å². The molecule has 1 N–H and O–H groups in total. The van der Waals surface area contributed by atoms with Crippen LogP contribution in [-0.4, -0.2) is 11.9 Å². The molecule has 1 aliphatic heterocycles. The Balaban J connectivity index is 2.20. The first-order chi connectivity index (χ1) is 4.83. The molecule has 3 nitrogen and oxygen atoms in total. The fraction of sp³-hybridized carbons (Fsp3) is 0.714. The molecule has 1 heterocycles. The zero-order chi connectivity index (χ0) is 7.40. The maximum absolute atomic E-state index is 10.6. The fourth-order valence-electron chi connectivity index (χ4n) is 1.13. The van der Waals surface area contributed by atoms with Crippen molar-refractivity contribution in [3.8, 4) is 6.07 Å². The second-order valence-electron chi connectivity index (χ2n) is 2.50. The van der Waals surface area contributed by atoms with Crippen molar-refractivity contribution in [1.29, 1.82) is 5.26 Å². The van der Waals surface area contributed by atoms with Gasteiger partial charge in [0, 0.05) is 18.9 Å². The maximum atomic E-state index is 10.6. The number of amides is 1. The van der Waals surface area contributed by atoms with Gasteiger partial charge in [0.15, 0.2) is 0 Å². The number of carbonyl (C=O) groups is 1. The molecule has 0 bridgehead atoms. The molecular formula is C7H10N2O. The van der Waals surface area contributed by atoms with Gasteiger partial charge in [0.25, 0.3) is 0 Å². The Labute approximate surface area is 60.0 Å². The van der Waals surface area contributed by atoms with E-state index < -0.39 is 0 Å². The average Bonchev–Trinajstić information content (AvgIpc) is 2.31. The molecule has 0 aromatic heterocycles. The van der Waals surface area contributed by atoms with Crippen LogP contribution in [0.15, 0.2) is 0 Å². The number of rotatable bonds is 2. The summed E-state index contributed by atoms with van der Waals surface area (Å²) < 4.78 is 0. The Morgan fingerprint density at radius 1 is 1.80 bits per heavy atom. The highest BCUT2D eigenvalue weighted by molar-refractivity contribution is 5.78. The highest BCUT2D eigenvalue weighted by atomic mass is 16.1. The lowest BCUT2D eigenvalue weighted by atomic mass is 10.1. The fourth-order valence-corrected chi connectivity index (χ4v) is 1.13. The summed E-state index contributed by atoms with van der Waals surface area (Å²) in [6, 6.07) is 2.33. The van der Waals surface area contributed by atoms with E-state index in [0.29, 0.717) is 12.8 Å². The van der Waals surface area contributed by atoms with Crippen LogP contribution in [0.25, 0.3) is 0 Å². The average molecular weight is 138 g/mol. The summed E-state index contributed by atoms with van der Waals surface area (Å²) in [5.74, 6) is 0.128. The Kier molecular flexibility index (Phi) is 2.27. The molecule has 0 aromatic rings. The lowest BCUT2D eigenvalue weighted by Crippen LogP contribution is -2.24.